The third-order valence-corrected chi connectivity index (χ3v) is 4.03. The Bertz CT molecular complexity index is 1030. The number of aromatic nitrogens is 3. The lowest BCUT2D eigenvalue weighted by molar-refractivity contribution is 0.0462. The van der Waals surface area contributed by atoms with Gasteiger partial charge in [0.1, 0.15) is 11.5 Å². The van der Waals surface area contributed by atoms with Crippen LogP contribution in [0.1, 0.15) is 21.7 Å². The Morgan fingerprint density at radius 2 is 1.79 bits per heavy atom. The van der Waals surface area contributed by atoms with Gasteiger partial charge < -0.3 is 25.3 Å². The summed E-state index contributed by atoms with van der Waals surface area (Å²) in [6, 6.07) is 12.4. The van der Waals surface area contributed by atoms with Crippen LogP contribution < -0.4 is 20.5 Å². The Hall–Kier alpha value is -3.88. The molecule has 3 aromatic rings. The number of carbonyl (C=O) groups excluding carboxylic acids is 1. The molecule has 0 saturated heterocycles. The van der Waals surface area contributed by atoms with Gasteiger partial charge in [0.05, 0.1) is 25.5 Å². The SMILES string of the molecule is COc1cc(C(=O)OCc2nc(N)nc(Nc3ccccc3OC)n2)ccc1C. The fourth-order valence-corrected chi connectivity index (χ4v) is 2.59. The topological polar surface area (TPSA) is 121 Å². The molecule has 0 aliphatic carbocycles. The van der Waals surface area contributed by atoms with Crippen LogP contribution in [0, 0.1) is 6.92 Å². The van der Waals surface area contributed by atoms with E-state index < -0.39 is 5.97 Å². The lowest BCUT2D eigenvalue weighted by Gasteiger charge is -2.11. The van der Waals surface area contributed by atoms with Crippen molar-refractivity contribution in [1.29, 1.82) is 0 Å². The van der Waals surface area contributed by atoms with Gasteiger partial charge in [-0.15, -0.1) is 0 Å². The molecule has 0 radical (unpaired) electrons. The fourth-order valence-electron chi connectivity index (χ4n) is 2.59. The van der Waals surface area contributed by atoms with E-state index in [-0.39, 0.29) is 24.3 Å². The van der Waals surface area contributed by atoms with Gasteiger partial charge in [-0.3, -0.25) is 0 Å². The minimum atomic E-state index is -0.526. The lowest BCUT2D eigenvalue weighted by atomic mass is 10.1. The molecule has 0 amide bonds. The van der Waals surface area contributed by atoms with Crippen LogP contribution in [0.5, 0.6) is 11.5 Å². The van der Waals surface area contributed by atoms with Crippen LogP contribution in [0.2, 0.25) is 0 Å². The highest BCUT2D eigenvalue weighted by Gasteiger charge is 2.13. The molecule has 0 bridgehead atoms. The van der Waals surface area contributed by atoms with E-state index in [2.05, 4.69) is 20.3 Å². The van der Waals surface area contributed by atoms with E-state index in [4.69, 9.17) is 19.9 Å². The molecule has 9 heteroatoms. The minimum absolute atomic E-state index is 0.000419. The van der Waals surface area contributed by atoms with Gasteiger partial charge in [0.25, 0.3) is 0 Å². The van der Waals surface area contributed by atoms with Crippen molar-refractivity contribution in [3.63, 3.8) is 0 Å². The van der Waals surface area contributed by atoms with Crippen LogP contribution in [0.25, 0.3) is 0 Å². The van der Waals surface area contributed by atoms with Gasteiger partial charge in [-0.25, -0.2) is 4.79 Å². The van der Waals surface area contributed by atoms with Gasteiger partial charge in [-0.2, -0.15) is 15.0 Å². The summed E-state index contributed by atoms with van der Waals surface area (Å²) in [5, 5.41) is 3.02. The number of hydrogen-bond donors (Lipinski definition) is 2. The van der Waals surface area contributed by atoms with Gasteiger partial charge in [0, 0.05) is 0 Å². The molecule has 0 aliphatic heterocycles. The maximum absolute atomic E-state index is 12.3. The summed E-state index contributed by atoms with van der Waals surface area (Å²) in [6.45, 7) is 1.72. The summed E-state index contributed by atoms with van der Waals surface area (Å²) in [5.74, 6) is 1.12. The highest BCUT2D eigenvalue weighted by atomic mass is 16.5. The quantitative estimate of drug-likeness (QED) is 0.581. The summed E-state index contributed by atoms with van der Waals surface area (Å²) < 4.78 is 15.8. The van der Waals surface area contributed by atoms with Crippen LogP contribution in [0.15, 0.2) is 42.5 Å². The fraction of sp³-hybridized carbons (Fsp3) is 0.200. The average Bonchev–Trinajstić information content (AvgIpc) is 2.72. The minimum Gasteiger partial charge on any atom is -0.496 e. The molecule has 9 nitrogen and oxygen atoms in total. The Labute approximate surface area is 167 Å². The summed E-state index contributed by atoms with van der Waals surface area (Å²) in [5.41, 5.74) is 7.71. The van der Waals surface area contributed by atoms with E-state index in [9.17, 15) is 4.79 Å². The molecule has 0 unspecified atom stereocenters. The van der Waals surface area contributed by atoms with Crippen molar-refractivity contribution in [2.24, 2.45) is 0 Å². The van der Waals surface area contributed by atoms with Gasteiger partial charge in [0.2, 0.25) is 11.9 Å². The van der Waals surface area contributed by atoms with E-state index >= 15 is 0 Å². The Morgan fingerprint density at radius 1 is 1.03 bits per heavy atom. The first-order chi connectivity index (χ1) is 14.0. The molecule has 3 N–H and O–H groups in total. The first-order valence-electron chi connectivity index (χ1n) is 8.72. The zero-order valence-electron chi connectivity index (χ0n) is 16.3. The maximum Gasteiger partial charge on any atom is 0.338 e. The van der Waals surface area contributed by atoms with Crippen molar-refractivity contribution in [2.45, 2.75) is 13.5 Å². The monoisotopic (exact) mass is 395 g/mol. The van der Waals surface area contributed by atoms with Crippen LogP contribution in [0.3, 0.4) is 0 Å². The smallest absolute Gasteiger partial charge is 0.338 e. The number of nitrogens with two attached hydrogens (primary N) is 1. The number of rotatable bonds is 7. The third kappa shape index (κ3) is 4.89. The molecular formula is C20H21N5O4. The second-order valence-electron chi connectivity index (χ2n) is 6.02. The zero-order valence-corrected chi connectivity index (χ0v) is 16.3. The highest BCUT2D eigenvalue weighted by molar-refractivity contribution is 5.90. The molecule has 1 aromatic heterocycles. The molecular weight excluding hydrogens is 374 g/mol. The second-order valence-corrected chi connectivity index (χ2v) is 6.02. The number of hydrogen-bond acceptors (Lipinski definition) is 9. The molecule has 0 atom stereocenters. The normalized spacial score (nSPS) is 10.3. The zero-order chi connectivity index (χ0) is 20.8. The Balaban J connectivity index is 1.72. The number of anilines is 3. The summed E-state index contributed by atoms with van der Waals surface area (Å²) in [6.07, 6.45) is 0. The second kappa shape index (κ2) is 8.87. The number of aryl methyl sites for hydroxylation is 1. The molecule has 3 rings (SSSR count). The van der Waals surface area contributed by atoms with Crippen molar-refractivity contribution in [3.05, 3.63) is 59.4 Å². The van der Waals surface area contributed by atoms with Crippen molar-refractivity contribution in [1.82, 2.24) is 15.0 Å². The predicted molar refractivity (Wildman–Crippen MR) is 107 cm³/mol. The van der Waals surface area contributed by atoms with E-state index in [1.165, 1.54) is 0 Å². The molecule has 2 aromatic carbocycles. The molecule has 0 saturated carbocycles. The number of nitrogens with zero attached hydrogens (tertiary/aromatic N) is 3. The van der Waals surface area contributed by atoms with Crippen LogP contribution >= 0.6 is 0 Å². The van der Waals surface area contributed by atoms with Gasteiger partial charge >= 0.3 is 5.97 Å². The number of ether oxygens (including phenoxy) is 3. The van der Waals surface area contributed by atoms with Crippen molar-refractivity contribution in [3.8, 4) is 11.5 Å². The summed E-state index contributed by atoms with van der Waals surface area (Å²) in [7, 11) is 3.11. The molecule has 150 valence electrons. The first-order valence-corrected chi connectivity index (χ1v) is 8.72. The molecule has 1 heterocycles. The van der Waals surface area contributed by atoms with E-state index in [0.29, 0.717) is 22.7 Å². The van der Waals surface area contributed by atoms with Crippen LogP contribution in [-0.4, -0.2) is 35.1 Å². The third-order valence-electron chi connectivity index (χ3n) is 4.03. The van der Waals surface area contributed by atoms with Crippen molar-refractivity contribution in [2.75, 3.05) is 25.3 Å². The van der Waals surface area contributed by atoms with Crippen LogP contribution in [-0.2, 0) is 11.3 Å². The number of esters is 1. The summed E-state index contributed by atoms with van der Waals surface area (Å²) in [4.78, 5) is 24.6. The molecule has 0 spiro atoms. The average molecular weight is 395 g/mol. The number of carbonyl (C=O) groups is 1. The summed E-state index contributed by atoms with van der Waals surface area (Å²) >= 11 is 0. The molecule has 29 heavy (non-hydrogen) atoms. The van der Waals surface area contributed by atoms with E-state index in [1.54, 1.807) is 38.5 Å². The van der Waals surface area contributed by atoms with E-state index in [1.807, 2.05) is 25.1 Å². The lowest BCUT2D eigenvalue weighted by Crippen LogP contribution is -2.11. The Kier molecular flexibility index (Phi) is 6.08. The van der Waals surface area contributed by atoms with E-state index in [0.717, 1.165) is 5.56 Å². The Morgan fingerprint density at radius 3 is 2.55 bits per heavy atom. The van der Waals surface area contributed by atoms with Gasteiger partial charge in [-0.1, -0.05) is 18.2 Å². The number of methoxy groups -OCH3 is 2. The first kappa shape index (κ1) is 19.9. The van der Waals surface area contributed by atoms with Gasteiger partial charge in [-0.05, 0) is 36.8 Å². The standard InChI is InChI=1S/C20H21N5O4/c1-12-8-9-13(10-16(12)28-3)18(26)29-11-17-23-19(21)25-20(24-17)22-14-6-4-5-7-15(14)27-2/h4-10H,11H2,1-3H3,(H3,21,22,23,24,25). The largest absolute Gasteiger partial charge is 0.496 e. The number of nitrogen functional groups attached to an aromatic ring is 1. The maximum atomic E-state index is 12.3. The van der Waals surface area contributed by atoms with Crippen molar-refractivity contribution < 1.29 is 19.0 Å². The number of nitrogens with one attached hydrogen (secondary N) is 1. The molecule has 0 aliphatic rings. The molecule has 0 fully saturated rings. The number of para-hydroxylation sites is 2. The van der Waals surface area contributed by atoms with Crippen LogP contribution in [0.4, 0.5) is 17.6 Å². The van der Waals surface area contributed by atoms with Crippen molar-refractivity contribution >= 4 is 23.6 Å². The van der Waals surface area contributed by atoms with Gasteiger partial charge in [0.15, 0.2) is 12.4 Å². The predicted octanol–water partition coefficient (Wildman–Crippen LogP) is 2.88. The number of benzene rings is 2. The highest BCUT2D eigenvalue weighted by Crippen LogP contribution is 2.25.